The summed E-state index contributed by atoms with van der Waals surface area (Å²) in [6.07, 6.45) is -0.418. The fourth-order valence-electron chi connectivity index (χ4n) is 1.89. The van der Waals surface area contributed by atoms with Crippen molar-refractivity contribution in [2.24, 2.45) is 5.73 Å². The van der Waals surface area contributed by atoms with E-state index in [0.29, 0.717) is 13.0 Å². The molecule has 1 aromatic rings. The van der Waals surface area contributed by atoms with E-state index in [1.54, 1.807) is 7.11 Å². The Morgan fingerprint density at radius 2 is 2.11 bits per heavy atom. The van der Waals surface area contributed by atoms with Gasteiger partial charge in [0.2, 0.25) is 5.91 Å². The Bertz CT molecular complexity index is 447. The molecule has 19 heavy (non-hydrogen) atoms. The van der Waals surface area contributed by atoms with Gasteiger partial charge in [-0.15, -0.1) is 0 Å². The van der Waals surface area contributed by atoms with Gasteiger partial charge < -0.3 is 20.9 Å². The van der Waals surface area contributed by atoms with Crippen LogP contribution in [0.2, 0.25) is 0 Å². The first kappa shape index (κ1) is 15.5. The fourth-order valence-corrected chi connectivity index (χ4v) is 1.89. The van der Waals surface area contributed by atoms with Crippen LogP contribution < -0.4 is 15.8 Å². The van der Waals surface area contributed by atoms with E-state index >= 15 is 0 Å². The first-order valence-corrected chi connectivity index (χ1v) is 6.30. The van der Waals surface area contributed by atoms with Gasteiger partial charge in [-0.2, -0.15) is 0 Å². The van der Waals surface area contributed by atoms with Crippen molar-refractivity contribution in [1.29, 1.82) is 0 Å². The molecule has 106 valence electrons. The van der Waals surface area contributed by atoms with E-state index in [1.807, 2.05) is 26.0 Å². The highest BCUT2D eigenvalue weighted by atomic mass is 16.5. The Balaban J connectivity index is 2.59. The first-order valence-electron chi connectivity index (χ1n) is 6.30. The third kappa shape index (κ3) is 3.94. The van der Waals surface area contributed by atoms with Gasteiger partial charge in [0.05, 0.1) is 7.11 Å². The number of carbonyl (C=O) groups is 1. The Hall–Kier alpha value is -1.59. The molecule has 5 heteroatoms. The summed E-state index contributed by atoms with van der Waals surface area (Å²) in [4.78, 5) is 11.4. The van der Waals surface area contributed by atoms with Gasteiger partial charge in [-0.05, 0) is 43.0 Å². The van der Waals surface area contributed by atoms with Crippen molar-refractivity contribution in [3.05, 3.63) is 28.8 Å². The molecule has 0 heterocycles. The van der Waals surface area contributed by atoms with Crippen molar-refractivity contribution in [2.45, 2.75) is 26.4 Å². The summed E-state index contributed by atoms with van der Waals surface area (Å²) in [5.74, 6) is 0.439. The number of aliphatic hydroxyl groups excluding tert-OH is 1. The van der Waals surface area contributed by atoms with Crippen LogP contribution in [0.1, 0.15) is 16.7 Å². The van der Waals surface area contributed by atoms with Gasteiger partial charge in [0.1, 0.15) is 11.9 Å². The lowest BCUT2D eigenvalue weighted by Gasteiger charge is -2.13. The molecule has 1 rings (SSSR count). The lowest BCUT2D eigenvalue weighted by molar-refractivity contribution is -0.128. The van der Waals surface area contributed by atoms with Crippen LogP contribution in [0.3, 0.4) is 0 Å². The third-order valence-electron chi connectivity index (χ3n) is 3.29. The molecule has 0 saturated carbocycles. The standard InChI is InChI=1S/C14H22N2O3/c1-9-10(2)13(19-3)5-4-11(9)6-7-16-14(18)12(17)8-15/h4-5,12,17H,6-8,15H2,1-3H3,(H,16,18). The van der Waals surface area contributed by atoms with Gasteiger partial charge in [0.25, 0.3) is 0 Å². The zero-order valence-electron chi connectivity index (χ0n) is 11.7. The van der Waals surface area contributed by atoms with Crippen LogP contribution in [0.25, 0.3) is 0 Å². The van der Waals surface area contributed by atoms with E-state index < -0.39 is 12.0 Å². The van der Waals surface area contributed by atoms with E-state index in [1.165, 1.54) is 0 Å². The minimum absolute atomic E-state index is 0.0630. The maximum atomic E-state index is 11.4. The molecule has 0 fully saturated rings. The predicted octanol–water partition coefficient (Wildman–Crippen LogP) is 0.290. The van der Waals surface area contributed by atoms with Gasteiger partial charge in [0, 0.05) is 13.1 Å². The molecule has 1 atom stereocenters. The van der Waals surface area contributed by atoms with E-state index in [2.05, 4.69) is 5.32 Å². The smallest absolute Gasteiger partial charge is 0.250 e. The molecule has 5 nitrogen and oxygen atoms in total. The molecule has 0 spiro atoms. The number of nitrogens with one attached hydrogen (secondary N) is 1. The van der Waals surface area contributed by atoms with Crippen molar-refractivity contribution in [3.8, 4) is 5.75 Å². The molecular weight excluding hydrogens is 244 g/mol. The van der Waals surface area contributed by atoms with Crippen LogP contribution in [0.5, 0.6) is 5.75 Å². The number of ether oxygens (including phenoxy) is 1. The maximum Gasteiger partial charge on any atom is 0.250 e. The SMILES string of the molecule is COc1ccc(CCNC(=O)C(O)CN)c(C)c1C. The molecule has 0 aliphatic heterocycles. The molecule has 1 unspecified atom stereocenters. The van der Waals surface area contributed by atoms with Gasteiger partial charge in [-0.25, -0.2) is 0 Å². The van der Waals surface area contributed by atoms with Crippen molar-refractivity contribution >= 4 is 5.91 Å². The zero-order chi connectivity index (χ0) is 14.4. The van der Waals surface area contributed by atoms with Gasteiger partial charge >= 0.3 is 0 Å². The average Bonchev–Trinajstić information content (AvgIpc) is 2.42. The summed E-state index contributed by atoms with van der Waals surface area (Å²) in [6.45, 7) is 4.45. The minimum atomic E-state index is -1.13. The number of rotatable bonds is 6. The van der Waals surface area contributed by atoms with Crippen LogP contribution in [-0.2, 0) is 11.2 Å². The molecule has 0 saturated heterocycles. The number of hydrogen-bond donors (Lipinski definition) is 3. The Morgan fingerprint density at radius 3 is 2.68 bits per heavy atom. The summed E-state index contributed by atoms with van der Waals surface area (Å²) in [5.41, 5.74) is 8.63. The van der Waals surface area contributed by atoms with Crippen LogP contribution in [-0.4, -0.2) is 37.3 Å². The average molecular weight is 266 g/mol. The molecule has 1 amide bonds. The quantitative estimate of drug-likeness (QED) is 0.691. The fraction of sp³-hybridized carbons (Fsp3) is 0.500. The topological polar surface area (TPSA) is 84.6 Å². The lowest BCUT2D eigenvalue weighted by atomic mass is 10.00. The molecular formula is C14H22N2O3. The number of carbonyl (C=O) groups excluding carboxylic acids is 1. The third-order valence-corrected chi connectivity index (χ3v) is 3.29. The Kier molecular flexibility index (Phi) is 5.79. The maximum absolute atomic E-state index is 11.4. The number of aliphatic hydroxyl groups is 1. The van der Waals surface area contributed by atoms with E-state index in [0.717, 1.165) is 22.4 Å². The largest absolute Gasteiger partial charge is 0.496 e. The molecule has 0 radical (unpaired) electrons. The molecule has 4 N–H and O–H groups in total. The van der Waals surface area contributed by atoms with Crippen LogP contribution in [0.4, 0.5) is 0 Å². The highest BCUT2D eigenvalue weighted by Gasteiger charge is 2.12. The van der Waals surface area contributed by atoms with E-state index in [4.69, 9.17) is 10.5 Å². The van der Waals surface area contributed by atoms with Crippen molar-refractivity contribution < 1.29 is 14.6 Å². The van der Waals surface area contributed by atoms with Crippen molar-refractivity contribution in [3.63, 3.8) is 0 Å². The summed E-state index contributed by atoms with van der Waals surface area (Å²) < 4.78 is 5.25. The van der Waals surface area contributed by atoms with Crippen LogP contribution >= 0.6 is 0 Å². The lowest BCUT2D eigenvalue weighted by Crippen LogP contribution is -2.40. The van der Waals surface area contributed by atoms with Gasteiger partial charge in [-0.3, -0.25) is 4.79 Å². The van der Waals surface area contributed by atoms with Crippen molar-refractivity contribution in [2.75, 3.05) is 20.2 Å². The van der Waals surface area contributed by atoms with Gasteiger partial charge in [0.15, 0.2) is 0 Å². The monoisotopic (exact) mass is 266 g/mol. The first-order chi connectivity index (χ1) is 9.01. The van der Waals surface area contributed by atoms with Crippen LogP contribution in [0.15, 0.2) is 12.1 Å². The normalized spacial score (nSPS) is 12.1. The van der Waals surface area contributed by atoms with Gasteiger partial charge in [-0.1, -0.05) is 6.07 Å². The summed E-state index contributed by atoms with van der Waals surface area (Å²) >= 11 is 0. The summed E-state index contributed by atoms with van der Waals surface area (Å²) in [5, 5.41) is 11.9. The molecule has 0 aliphatic rings. The highest BCUT2D eigenvalue weighted by molar-refractivity contribution is 5.80. The number of benzene rings is 1. The summed E-state index contributed by atoms with van der Waals surface area (Å²) in [6, 6.07) is 3.92. The summed E-state index contributed by atoms with van der Waals surface area (Å²) in [7, 11) is 1.65. The van der Waals surface area contributed by atoms with E-state index in [-0.39, 0.29) is 6.54 Å². The molecule has 1 aromatic carbocycles. The highest BCUT2D eigenvalue weighted by Crippen LogP contribution is 2.23. The number of methoxy groups -OCH3 is 1. The molecule has 0 bridgehead atoms. The number of amides is 1. The van der Waals surface area contributed by atoms with E-state index in [9.17, 15) is 9.90 Å². The number of nitrogens with two attached hydrogens (primary N) is 1. The number of hydrogen-bond acceptors (Lipinski definition) is 4. The van der Waals surface area contributed by atoms with Crippen LogP contribution in [0, 0.1) is 13.8 Å². The molecule has 0 aliphatic carbocycles. The second-order valence-electron chi connectivity index (χ2n) is 4.47. The second kappa shape index (κ2) is 7.11. The minimum Gasteiger partial charge on any atom is -0.496 e. The Labute approximate surface area is 113 Å². The second-order valence-corrected chi connectivity index (χ2v) is 4.47. The Morgan fingerprint density at radius 1 is 1.42 bits per heavy atom. The molecule has 0 aromatic heterocycles. The predicted molar refractivity (Wildman–Crippen MR) is 74.2 cm³/mol. The zero-order valence-corrected chi connectivity index (χ0v) is 11.7. The van der Waals surface area contributed by atoms with Crippen molar-refractivity contribution in [1.82, 2.24) is 5.32 Å².